The zero-order valence-electron chi connectivity index (χ0n) is 12.7. The Morgan fingerprint density at radius 2 is 2.00 bits per heavy atom. The number of methoxy groups -OCH3 is 1. The van der Waals surface area contributed by atoms with Gasteiger partial charge in [0.05, 0.1) is 6.10 Å². The second-order valence-electron chi connectivity index (χ2n) is 5.53. The Morgan fingerprint density at radius 3 is 2.76 bits per heavy atom. The minimum Gasteiger partial charge on any atom is -0.462 e. The SMILES string of the molecule is COC1CCCC(OC(=O)CCCNc2ccccc2)C1. The Labute approximate surface area is 126 Å². The first-order valence-corrected chi connectivity index (χ1v) is 7.79. The van der Waals surface area contributed by atoms with E-state index in [2.05, 4.69) is 5.32 Å². The molecule has 0 amide bonds. The highest BCUT2D eigenvalue weighted by Crippen LogP contribution is 2.23. The van der Waals surface area contributed by atoms with Crippen molar-refractivity contribution >= 4 is 11.7 Å². The molecule has 0 aliphatic heterocycles. The number of hydrogen-bond acceptors (Lipinski definition) is 4. The van der Waals surface area contributed by atoms with Crippen molar-refractivity contribution in [2.24, 2.45) is 0 Å². The highest BCUT2D eigenvalue weighted by atomic mass is 16.5. The topological polar surface area (TPSA) is 47.6 Å². The second kappa shape index (κ2) is 8.67. The third-order valence-electron chi connectivity index (χ3n) is 3.87. The van der Waals surface area contributed by atoms with Crippen LogP contribution in [0.5, 0.6) is 0 Å². The molecule has 1 saturated carbocycles. The molecule has 21 heavy (non-hydrogen) atoms. The monoisotopic (exact) mass is 291 g/mol. The van der Waals surface area contributed by atoms with Crippen LogP contribution in [0.1, 0.15) is 38.5 Å². The van der Waals surface area contributed by atoms with Crippen LogP contribution in [-0.2, 0) is 14.3 Å². The summed E-state index contributed by atoms with van der Waals surface area (Å²) in [7, 11) is 1.73. The number of hydrogen-bond donors (Lipinski definition) is 1. The Hall–Kier alpha value is -1.55. The number of carbonyl (C=O) groups is 1. The van der Waals surface area contributed by atoms with E-state index in [9.17, 15) is 4.79 Å². The van der Waals surface area contributed by atoms with E-state index in [1.165, 1.54) is 0 Å². The lowest BCUT2D eigenvalue weighted by molar-refractivity contribution is -0.152. The average molecular weight is 291 g/mol. The van der Waals surface area contributed by atoms with Crippen molar-refractivity contribution < 1.29 is 14.3 Å². The minimum atomic E-state index is -0.0911. The predicted octanol–water partition coefficient (Wildman–Crippen LogP) is 3.38. The van der Waals surface area contributed by atoms with Gasteiger partial charge < -0.3 is 14.8 Å². The molecule has 0 radical (unpaired) electrons. The van der Waals surface area contributed by atoms with Crippen LogP contribution >= 0.6 is 0 Å². The molecule has 2 rings (SSSR count). The molecular weight excluding hydrogens is 266 g/mol. The number of para-hydroxylation sites is 1. The number of esters is 1. The fourth-order valence-electron chi connectivity index (χ4n) is 2.69. The second-order valence-corrected chi connectivity index (χ2v) is 5.53. The molecule has 0 aromatic heterocycles. The third kappa shape index (κ3) is 5.76. The van der Waals surface area contributed by atoms with Gasteiger partial charge in [0, 0.05) is 32.2 Å². The van der Waals surface area contributed by atoms with Crippen molar-refractivity contribution in [3.63, 3.8) is 0 Å². The fraction of sp³-hybridized carbons (Fsp3) is 0.588. The van der Waals surface area contributed by atoms with Crippen molar-refractivity contribution in [3.05, 3.63) is 30.3 Å². The van der Waals surface area contributed by atoms with Gasteiger partial charge in [-0.1, -0.05) is 18.2 Å². The number of ether oxygens (including phenoxy) is 2. The summed E-state index contributed by atoms with van der Waals surface area (Å²) in [5, 5.41) is 3.29. The van der Waals surface area contributed by atoms with Gasteiger partial charge in [-0.3, -0.25) is 4.79 Å². The summed E-state index contributed by atoms with van der Waals surface area (Å²) in [6.07, 6.45) is 5.49. The molecule has 1 aliphatic rings. The van der Waals surface area contributed by atoms with Gasteiger partial charge in [0.1, 0.15) is 6.10 Å². The molecule has 2 unspecified atom stereocenters. The number of anilines is 1. The summed E-state index contributed by atoms with van der Waals surface area (Å²) in [6, 6.07) is 10.0. The van der Waals surface area contributed by atoms with Crippen LogP contribution in [0.4, 0.5) is 5.69 Å². The summed E-state index contributed by atoms with van der Waals surface area (Å²) in [6.45, 7) is 0.782. The molecule has 1 N–H and O–H groups in total. The van der Waals surface area contributed by atoms with Gasteiger partial charge in [0.25, 0.3) is 0 Å². The maximum absolute atomic E-state index is 11.8. The van der Waals surface area contributed by atoms with E-state index in [1.54, 1.807) is 7.11 Å². The molecule has 0 saturated heterocycles. The van der Waals surface area contributed by atoms with E-state index in [0.29, 0.717) is 6.42 Å². The van der Waals surface area contributed by atoms with E-state index < -0.39 is 0 Å². The minimum absolute atomic E-state index is 0.0401. The first-order chi connectivity index (χ1) is 10.3. The highest BCUT2D eigenvalue weighted by Gasteiger charge is 2.24. The molecule has 1 fully saturated rings. The molecule has 4 heteroatoms. The zero-order valence-corrected chi connectivity index (χ0v) is 12.7. The van der Waals surface area contributed by atoms with Crippen LogP contribution in [0, 0.1) is 0 Å². The largest absolute Gasteiger partial charge is 0.462 e. The highest BCUT2D eigenvalue weighted by molar-refractivity contribution is 5.69. The molecule has 2 atom stereocenters. The van der Waals surface area contributed by atoms with E-state index >= 15 is 0 Å². The van der Waals surface area contributed by atoms with Gasteiger partial charge in [-0.25, -0.2) is 0 Å². The number of benzene rings is 1. The molecule has 4 nitrogen and oxygen atoms in total. The van der Waals surface area contributed by atoms with Crippen molar-refractivity contribution in [1.29, 1.82) is 0 Å². The fourth-order valence-corrected chi connectivity index (χ4v) is 2.69. The predicted molar refractivity (Wildman–Crippen MR) is 83.3 cm³/mol. The van der Waals surface area contributed by atoms with E-state index in [1.807, 2.05) is 30.3 Å². The van der Waals surface area contributed by atoms with Gasteiger partial charge in [-0.15, -0.1) is 0 Å². The molecule has 116 valence electrons. The Morgan fingerprint density at radius 1 is 1.24 bits per heavy atom. The lowest BCUT2D eigenvalue weighted by Crippen LogP contribution is -2.29. The van der Waals surface area contributed by atoms with Crippen LogP contribution in [0.15, 0.2) is 30.3 Å². The van der Waals surface area contributed by atoms with Gasteiger partial charge >= 0.3 is 5.97 Å². The third-order valence-corrected chi connectivity index (χ3v) is 3.87. The van der Waals surface area contributed by atoms with Crippen LogP contribution < -0.4 is 5.32 Å². The van der Waals surface area contributed by atoms with Crippen molar-refractivity contribution in [1.82, 2.24) is 0 Å². The van der Waals surface area contributed by atoms with Crippen LogP contribution in [0.3, 0.4) is 0 Å². The zero-order chi connectivity index (χ0) is 14.9. The Kier molecular flexibility index (Phi) is 6.54. The van der Waals surface area contributed by atoms with E-state index in [0.717, 1.165) is 44.3 Å². The number of rotatable bonds is 7. The summed E-state index contributed by atoms with van der Waals surface area (Å²) in [5.74, 6) is -0.0911. The van der Waals surface area contributed by atoms with Gasteiger partial charge in [-0.05, 0) is 37.8 Å². The average Bonchev–Trinajstić information content (AvgIpc) is 2.53. The van der Waals surface area contributed by atoms with Crippen LogP contribution in [-0.4, -0.2) is 31.8 Å². The summed E-state index contributed by atoms with van der Waals surface area (Å²) in [5.41, 5.74) is 1.08. The maximum atomic E-state index is 11.8. The molecular formula is C17H25NO3. The van der Waals surface area contributed by atoms with Crippen LogP contribution in [0.25, 0.3) is 0 Å². The van der Waals surface area contributed by atoms with Crippen LogP contribution in [0.2, 0.25) is 0 Å². The maximum Gasteiger partial charge on any atom is 0.306 e. The molecule has 1 aromatic rings. The van der Waals surface area contributed by atoms with Gasteiger partial charge in [0.2, 0.25) is 0 Å². The first kappa shape index (κ1) is 15.8. The molecule has 0 bridgehead atoms. The van der Waals surface area contributed by atoms with Crippen molar-refractivity contribution in [2.45, 2.75) is 50.7 Å². The van der Waals surface area contributed by atoms with Crippen molar-refractivity contribution in [2.75, 3.05) is 19.0 Å². The first-order valence-electron chi connectivity index (χ1n) is 7.79. The summed E-state index contributed by atoms with van der Waals surface area (Å²) in [4.78, 5) is 11.8. The van der Waals surface area contributed by atoms with Gasteiger partial charge in [0.15, 0.2) is 0 Å². The standard InChI is InChI=1S/C17H25NO3/c1-20-15-9-5-10-16(13-15)21-17(19)11-6-12-18-14-7-3-2-4-8-14/h2-4,7-8,15-16,18H,5-6,9-13H2,1H3. The van der Waals surface area contributed by atoms with E-state index in [-0.39, 0.29) is 18.2 Å². The van der Waals surface area contributed by atoms with Gasteiger partial charge in [-0.2, -0.15) is 0 Å². The van der Waals surface area contributed by atoms with E-state index in [4.69, 9.17) is 9.47 Å². The molecule has 0 spiro atoms. The number of nitrogens with one attached hydrogen (secondary N) is 1. The Balaban J connectivity index is 1.59. The molecule has 1 aliphatic carbocycles. The quantitative estimate of drug-likeness (QED) is 0.618. The normalized spacial score (nSPS) is 21.8. The Bertz CT molecular complexity index is 421. The lowest BCUT2D eigenvalue weighted by Gasteiger charge is -2.27. The number of carbonyl (C=O) groups excluding carboxylic acids is 1. The summed E-state index contributed by atoms with van der Waals surface area (Å²) < 4.78 is 10.9. The van der Waals surface area contributed by atoms with Crippen molar-refractivity contribution in [3.8, 4) is 0 Å². The molecule has 1 aromatic carbocycles. The smallest absolute Gasteiger partial charge is 0.306 e. The summed E-state index contributed by atoms with van der Waals surface area (Å²) >= 11 is 0. The molecule has 0 heterocycles. The lowest BCUT2D eigenvalue weighted by atomic mass is 9.95.